The number of hydrogen-bond donors (Lipinski definition) is 1. The number of nitrogens with one attached hydrogen (secondary N) is 1. The number of amides is 1. The Morgan fingerprint density at radius 1 is 0.968 bits per heavy atom. The summed E-state index contributed by atoms with van der Waals surface area (Å²) in [6.45, 7) is 5.99. The number of benzene rings is 3. The van der Waals surface area contributed by atoms with Gasteiger partial charge < -0.3 is 5.32 Å². The number of anilines is 1. The third-order valence-electron chi connectivity index (χ3n) is 5.01. The summed E-state index contributed by atoms with van der Waals surface area (Å²) in [5.74, 6) is -0.00717. The number of rotatable bonds is 5. The van der Waals surface area contributed by atoms with Gasteiger partial charge in [-0.25, -0.2) is 4.98 Å². The zero-order valence-electron chi connectivity index (χ0n) is 17.7. The topological polar surface area (TPSA) is 64.0 Å². The highest BCUT2D eigenvalue weighted by Gasteiger charge is 2.16. The van der Waals surface area contributed by atoms with Crippen molar-refractivity contribution in [1.82, 2.24) is 9.55 Å². The van der Waals surface area contributed by atoms with Gasteiger partial charge in [-0.2, -0.15) is 0 Å². The maximum absolute atomic E-state index is 13.4. The van der Waals surface area contributed by atoms with Crippen LogP contribution >= 0.6 is 11.8 Å². The Hall–Kier alpha value is -3.38. The average molecular weight is 430 g/mol. The van der Waals surface area contributed by atoms with E-state index in [1.54, 1.807) is 10.6 Å². The van der Waals surface area contributed by atoms with Crippen LogP contribution in [0.15, 0.2) is 76.7 Å². The van der Waals surface area contributed by atoms with Gasteiger partial charge in [-0.1, -0.05) is 59.3 Å². The first kappa shape index (κ1) is 20.9. The second-order valence-corrected chi connectivity index (χ2v) is 8.49. The molecule has 0 saturated heterocycles. The van der Waals surface area contributed by atoms with Crippen LogP contribution in [0.25, 0.3) is 16.6 Å². The van der Waals surface area contributed by atoms with Crippen molar-refractivity contribution in [1.29, 1.82) is 0 Å². The molecule has 1 aromatic heterocycles. The molecular weight excluding hydrogens is 406 g/mol. The molecule has 1 heterocycles. The third kappa shape index (κ3) is 4.54. The number of hydrogen-bond acceptors (Lipinski definition) is 4. The van der Waals surface area contributed by atoms with E-state index in [0.29, 0.717) is 16.1 Å². The molecule has 156 valence electrons. The normalized spacial score (nSPS) is 10.9. The number of nitrogens with zero attached hydrogens (tertiary/aromatic N) is 2. The fraction of sp³-hybridized carbons (Fsp3) is 0.160. The van der Waals surface area contributed by atoms with Gasteiger partial charge in [0.2, 0.25) is 5.91 Å². The SMILES string of the molecule is Cc1ccc(NC(=O)CSc2nc3ccccc3c(=O)n2-c2ccc(C)cc2C)cc1. The summed E-state index contributed by atoms with van der Waals surface area (Å²) < 4.78 is 1.61. The Labute approximate surface area is 185 Å². The molecule has 6 heteroatoms. The maximum Gasteiger partial charge on any atom is 0.266 e. The van der Waals surface area contributed by atoms with E-state index in [1.165, 1.54) is 11.8 Å². The monoisotopic (exact) mass is 429 g/mol. The summed E-state index contributed by atoms with van der Waals surface area (Å²) in [5.41, 5.74) is 5.23. The molecule has 0 fully saturated rings. The molecule has 0 aliphatic heterocycles. The number of fused-ring (bicyclic) bond motifs is 1. The smallest absolute Gasteiger partial charge is 0.266 e. The molecular formula is C25H23N3O2S. The van der Waals surface area contributed by atoms with Gasteiger partial charge in [0.05, 0.1) is 22.3 Å². The number of para-hydroxylation sites is 1. The van der Waals surface area contributed by atoms with Gasteiger partial charge in [0.15, 0.2) is 5.16 Å². The lowest BCUT2D eigenvalue weighted by Gasteiger charge is -2.15. The van der Waals surface area contributed by atoms with Crippen molar-refractivity contribution in [2.24, 2.45) is 0 Å². The van der Waals surface area contributed by atoms with Crippen molar-refractivity contribution in [2.75, 3.05) is 11.1 Å². The van der Waals surface area contributed by atoms with Crippen LogP contribution in [-0.4, -0.2) is 21.2 Å². The van der Waals surface area contributed by atoms with Crippen LogP contribution in [0.4, 0.5) is 5.69 Å². The van der Waals surface area contributed by atoms with Gasteiger partial charge in [-0.3, -0.25) is 14.2 Å². The number of thioether (sulfide) groups is 1. The summed E-state index contributed by atoms with van der Waals surface area (Å²) in [4.78, 5) is 30.6. The second kappa shape index (κ2) is 8.78. The van der Waals surface area contributed by atoms with Crippen molar-refractivity contribution in [2.45, 2.75) is 25.9 Å². The molecule has 31 heavy (non-hydrogen) atoms. The molecule has 0 saturated carbocycles. The first-order valence-corrected chi connectivity index (χ1v) is 11.0. The molecule has 0 unspecified atom stereocenters. The van der Waals surface area contributed by atoms with Crippen LogP contribution in [0.2, 0.25) is 0 Å². The Bertz CT molecular complexity index is 1330. The maximum atomic E-state index is 13.4. The van der Waals surface area contributed by atoms with E-state index >= 15 is 0 Å². The Kier molecular flexibility index (Phi) is 5.91. The fourth-order valence-corrected chi connectivity index (χ4v) is 4.25. The largest absolute Gasteiger partial charge is 0.325 e. The summed E-state index contributed by atoms with van der Waals surface area (Å²) in [6.07, 6.45) is 0. The molecule has 0 bridgehead atoms. The van der Waals surface area contributed by atoms with Crippen molar-refractivity contribution in [3.63, 3.8) is 0 Å². The predicted molar refractivity (Wildman–Crippen MR) is 127 cm³/mol. The number of carbonyl (C=O) groups is 1. The summed E-state index contributed by atoms with van der Waals surface area (Å²) in [6, 6.07) is 20.9. The lowest BCUT2D eigenvalue weighted by atomic mass is 10.1. The summed E-state index contributed by atoms with van der Waals surface area (Å²) >= 11 is 1.25. The zero-order valence-corrected chi connectivity index (χ0v) is 18.5. The van der Waals surface area contributed by atoms with Crippen LogP contribution in [0.1, 0.15) is 16.7 Å². The van der Waals surface area contributed by atoms with Crippen LogP contribution < -0.4 is 10.9 Å². The van der Waals surface area contributed by atoms with Crippen LogP contribution in [-0.2, 0) is 4.79 Å². The summed E-state index contributed by atoms with van der Waals surface area (Å²) in [5, 5.41) is 3.94. The second-order valence-electron chi connectivity index (χ2n) is 7.54. The van der Waals surface area contributed by atoms with E-state index in [-0.39, 0.29) is 17.2 Å². The van der Waals surface area contributed by atoms with E-state index in [2.05, 4.69) is 5.32 Å². The number of aromatic nitrogens is 2. The number of aryl methyl sites for hydroxylation is 3. The molecule has 3 aromatic carbocycles. The first-order valence-electron chi connectivity index (χ1n) is 10.0. The molecule has 0 atom stereocenters. The van der Waals surface area contributed by atoms with E-state index < -0.39 is 0 Å². The minimum atomic E-state index is -0.150. The van der Waals surface area contributed by atoms with Gasteiger partial charge in [-0.05, 0) is 56.7 Å². The van der Waals surface area contributed by atoms with E-state index in [1.807, 2.05) is 81.4 Å². The van der Waals surface area contributed by atoms with Crippen LogP contribution in [0, 0.1) is 20.8 Å². The van der Waals surface area contributed by atoms with Crippen molar-refractivity contribution in [3.05, 3.63) is 93.8 Å². The highest BCUT2D eigenvalue weighted by molar-refractivity contribution is 7.99. The van der Waals surface area contributed by atoms with E-state index in [9.17, 15) is 9.59 Å². The summed E-state index contributed by atoms with van der Waals surface area (Å²) in [7, 11) is 0. The lowest BCUT2D eigenvalue weighted by molar-refractivity contribution is -0.113. The van der Waals surface area contributed by atoms with Crippen LogP contribution in [0.3, 0.4) is 0 Å². The minimum Gasteiger partial charge on any atom is -0.325 e. The molecule has 0 aliphatic carbocycles. The number of carbonyl (C=O) groups excluding carboxylic acids is 1. The molecule has 0 radical (unpaired) electrons. The van der Waals surface area contributed by atoms with Crippen molar-refractivity contribution >= 4 is 34.3 Å². The predicted octanol–water partition coefficient (Wildman–Crippen LogP) is 5.04. The van der Waals surface area contributed by atoms with Crippen molar-refractivity contribution in [3.8, 4) is 5.69 Å². The minimum absolute atomic E-state index is 0.140. The molecule has 0 spiro atoms. The molecule has 1 amide bonds. The third-order valence-corrected chi connectivity index (χ3v) is 5.94. The molecule has 4 rings (SSSR count). The highest BCUT2D eigenvalue weighted by atomic mass is 32.2. The molecule has 4 aromatic rings. The van der Waals surface area contributed by atoms with Gasteiger partial charge in [0.25, 0.3) is 5.56 Å². The molecule has 1 N–H and O–H groups in total. The highest BCUT2D eigenvalue weighted by Crippen LogP contribution is 2.24. The van der Waals surface area contributed by atoms with Crippen LogP contribution in [0.5, 0.6) is 0 Å². The zero-order chi connectivity index (χ0) is 22.0. The van der Waals surface area contributed by atoms with E-state index in [4.69, 9.17) is 4.98 Å². The van der Waals surface area contributed by atoms with Gasteiger partial charge in [0.1, 0.15) is 0 Å². The average Bonchev–Trinajstić information content (AvgIpc) is 2.75. The first-order chi connectivity index (χ1) is 14.9. The van der Waals surface area contributed by atoms with E-state index in [0.717, 1.165) is 28.1 Å². The molecule has 0 aliphatic rings. The Balaban J connectivity index is 1.69. The Morgan fingerprint density at radius 3 is 2.42 bits per heavy atom. The Morgan fingerprint density at radius 2 is 1.68 bits per heavy atom. The molecule has 5 nitrogen and oxygen atoms in total. The lowest BCUT2D eigenvalue weighted by Crippen LogP contribution is -2.23. The van der Waals surface area contributed by atoms with Crippen molar-refractivity contribution < 1.29 is 4.79 Å². The quantitative estimate of drug-likeness (QED) is 0.356. The van der Waals surface area contributed by atoms with Gasteiger partial charge in [0, 0.05) is 5.69 Å². The van der Waals surface area contributed by atoms with Gasteiger partial charge >= 0.3 is 0 Å². The van der Waals surface area contributed by atoms with Gasteiger partial charge in [-0.15, -0.1) is 0 Å². The standard InChI is InChI=1S/C25H23N3O2S/c1-16-8-11-19(12-9-16)26-23(29)15-31-25-27-21-7-5-4-6-20(21)24(30)28(25)22-13-10-17(2)14-18(22)3/h4-14H,15H2,1-3H3,(H,26,29). The fourth-order valence-electron chi connectivity index (χ4n) is 3.44.